The van der Waals surface area contributed by atoms with Crippen LogP contribution in [0.3, 0.4) is 0 Å². The van der Waals surface area contributed by atoms with Gasteiger partial charge in [-0.3, -0.25) is 4.68 Å². The van der Waals surface area contributed by atoms with Crippen molar-refractivity contribution >= 4 is 0 Å². The van der Waals surface area contributed by atoms with Gasteiger partial charge in [0.05, 0.1) is 13.3 Å². The molecule has 1 aromatic heterocycles. The number of methoxy groups -OCH3 is 1. The molecule has 1 N–H and O–H groups in total. The van der Waals surface area contributed by atoms with Crippen LogP contribution in [0.5, 0.6) is 5.75 Å². The van der Waals surface area contributed by atoms with E-state index in [-0.39, 0.29) is 6.04 Å². The third-order valence-electron chi connectivity index (χ3n) is 4.99. The maximum absolute atomic E-state index is 10.8. The molecule has 4 unspecified atom stereocenters. The van der Waals surface area contributed by atoms with Crippen LogP contribution in [0.15, 0.2) is 6.20 Å². The fourth-order valence-electron chi connectivity index (χ4n) is 4.09. The predicted octanol–water partition coefficient (Wildman–Crippen LogP) is 2.94. The predicted molar refractivity (Wildman–Crippen MR) is 73.1 cm³/mol. The molecule has 0 aliphatic heterocycles. The molecule has 106 valence electrons. The molecule has 0 aromatic carbocycles. The Morgan fingerprint density at radius 2 is 2.16 bits per heavy atom. The van der Waals surface area contributed by atoms with Crippen molar-refractivity contribution in [1.82, 2.24) is 9.78 Å². The smallest absolute Gasteiger partial charge is 0.162 e. The number of rotatable bonds is 4. The monoisotopic (exact) mass is 264 g/mol. The molecular weight excluding hydrogens is 240 g/mol. The SMILES string of the molecule is COc1cnn(C(C)C)c1C(O)C1CC2CCC1C2. The topological polar surface area (TPSA) is 47.3 Å². The molecule has 0 spiro atoms. The number of fused-ring (bicyclic) bond motifs is 2. The molecule has 3 rings (SSSR count). The minimum absolute atomic E-state index is 0.243. The van der Waals surface area contributed by atoms with Crippen LogP contribution in [0.1, 0.15) is 57.4 Å². The second-order valence-electron chi connectivity index (χ2n) is 6.42. The summed E-state index contributed by atoms with van der Waals surface area (Å²) in [6.07, 6.45) is 6.40. The van der Waals surface area contributed by atoms with Gasteiger partial charge in [-0.25, -0.2) is 0 Å². The molecule has 4 heteroatoms. The van der Waals surface area contributed by atoms with Gasteiger partial charge in [0.1, 0.15) is 11.8 Å². The third-order valence-corrected chi connectivity index (χ3v) is 4.99. The molecule has 2 aliphatic rings. The minimum Gasteiger partial charge on any atom is -0.493 e. The van der Waals surface area contributed by atoms with E-state index in [1.807, 2.05) is 4.68 Å². The molecule has 0 saturated heterocycles. The van der Waals surface area contributed by atoms with Gasteiger partial charge in [0.15, 0.2) is 5.75 Å². The average molecular weight is 264 g/mol. The van der Waals surface area contributed by atoms with Crippen molar-refractivity contribution < 1.29 is 9.84 Å². The van der Waals surface area contributed by atoms with Gasteiger partial charge in [-0.15, -0.1) is 0 Å². The van der Waals surface area contributed by atoms with E-state index in [2.05, 4.69) is 18.9 Å². The van der Waals surface area contributed by atoms with E-state index in [0.717, 1.165) is 23.8 Å². The maximum atomic E-state index is 10.8. The summed E-state index contributed by atoms with van der Waals surface area (Å²) in [4.78, 5) is 0. The van der Waals surface area contributed by atoms with Crippen molar-refractivity contribution in [3.05, 3.63) is 11.9 Å². The number of aliphatic hydroxyl groups excluding tert-OH is 1. The molecule has 2 bridgehead atoms. The molecule has 1 heterocycles. The van der Waals surface area contributed by atoms with Crippen LogP contribution in [0.25, 0.3) is 0 Å². The summed E-state index contributed by atoms with van der Waals surface area (Å²) < 4.78 is 7.31. The molecule has 0 amide bonds. The standard InChI is InChI=1S/C15H24N2O2/c1-9(2)17-14(13(19-3)8-16-17)15(18)12-7-10-4-5-11(12)6-10/h8-12,15,18H,4-7H2,1-3H3. The Morgan fingerprint density at radius 1 is 1.37 bits per heavy atom. The van der Waals surface area contributed by atoms with Crippen molar-refractivity contribution in [2.24, 2.45) is 17.8 Å². The van der Waals surface area contributed by atoms with E-state index in [9.17, 15) is 5.11 Å². The summed E-state index contributed by atoms with van der Waals surface area (Å²) in [5, 5.41) is 15.2. The first-order valence-corrected chi connectivity index (χ1v) is 7.41. The van der Waals surface area contributed by atoms with Crippen molar-refractivity contribution in [2.75, 3.05) is 7.11 Å². The number of hydrogen-bond acceptors (Lipinski definition) is 3. The van der Waals surface area contributed by atoms with E-state index >= 15 is 0 Å². The Kier molecular flexibility index (Phi) is 3.29. The van der Waals surface area contributed by atoms with Crippen molar-refractivity contribution in [3.8, 4) is 5.75 Å². The van der Waals surface area contributed by atoms with Crippen LogP contribution in [-0.4, -0.2) is 22.0 Å². The molecule has 0 radical (unpaired) electrons. The van der Waals surface area contributed by atoms with E-state index < -0.39 is 6.10 Å². The van der Waals surface area contributed by atoms with Crippen LogP contribution < -0.4 is 4.74 Å². The van der Waals surface area contributed by atoms with E-state index in [1.165, 1.54) is 19.3 Å². The zero-order valence-corrected chi connectivity index (χ0v) is 12.0. The van der Waals surface area contributed by atoms with Gasteiger partial charge in [0.25, 0.3) is 0 Å². The first kappa shape index (κ1) is 13.0. The van der Waals surface area contributed by atoms with Gasteiger partial charge in [0.2, 0.25) is 0 Å². The Morgan fingerprint density at radius 3 is 2.68 bits per heavy atom. The van der Waals surface area contributed by atoms with E-state index in [1.54, 1.807) is 13.3 Å². The second-order valence-corrected chi connectivity index (χ2v) is 6.42. The van der Waals surface area contributed by atoms with E-state index in [0.29, 0.717) is 11.8 Å². The molecule has 2 saturated carbocycles. The first-order chi connectivity index (χ1) is 9.11. The normalized spacial score (nSPS) is 31.1. The number of ether oxygens (including phenoxy) is 1. The van der Waals surface area contributed by atoms with Gasteiger partial charge in [0, 0.05) is 6.04 Å². The average Bonchev–Trinajstić information content (AvgIpc) is 3.11. The molecule has 2 fully saturated rings. The minimum atomic E-state index is -0.435. The van der Waals surface area contributed by atoms with Crippen LogP contribution in [0.2, 0.25) is 0 Å². The summed E-state index contributed by atoms with van der Waals surface area (Å²) in [5.41, 5.74) is 0.870. The lowest BCUT2D eigenvalue weighted by Gasteiger charge is -2.28. The fourth-order valence-corrected chi connectivity index (χ4v) is 4.09. The maximum Gasteiger partial charge on any atom is 0.162 e. The number of hydrogen-bond donors (Lipinski definition) is 1. The Hall–Kier alpha value is -1.03. The number of aromatic nitrogens is 2. The second kappa shape index (κ2) is 4.82. The van der Waals surface area contributed by atoms with Gasteiger partial charge < -0.3 is 9.84 Å². The van der Waals surface area contributed by atoms with Crippen molar-refractivity contribution in [3.63, 3.8) is 0 Å². The van der Waals surface area contributed by atoms with Gasteiger partial charge in [-0.2, -0.15) is 5.10 Å². The highest BCUT2D eigenvalue weighted by atomic mass is 16.5. The zero-order chi connectivity index (χ0) is 13.6. The van der Waals surface area contributed by atoms with Crippen LogP contribution in [0, 0.1) is 17.8 Å². The lowest BCUT2D eigenvalue weighted by molar-refractivity contribution is 0.0635. The van der Waals surface area contributed by atoms with Crippen molar-refractivity contribution in [2.45, 2.75) is 51.7 Å². The highest BCUT2D eigenvalue weighted by Crippen LogP contribution is 2.53. The molecule has 1 aromatic rings. The Labute approximate surface area is 114 Å². The van der Waals surface area contributed by atoms with Gasteiger partial charge in [-0.05, 0) is 50.9 Å². The molecule has 19 heavy (non-hydrogen) atoms. The summed E-state index contributed by atoms with van der Waals surface area (Å²) in [7, 11) is 1.65. The van der Waals surface area contributed by atoms with Crippen LogP contribution in [-0.2, 0) is 0 Å². The van der Waals surface area contributed by atoms with Crippen molar-refractivity contribution in [1.29, 1.82) is 0 Å². The summed E-state index contributed by atoms with van der Waals surface area (Å²) >= 11 is 0. The quantitative estimate of drug-likeness (QED) is 0.909. The first-order valence-electron chi connectivity index (χ1n) is 7.41. The highest BCUT2D eigenvalue weighted by molar-refractivity contribution is 5.28. The van der Waals surface area contributed by atoms with Crippen LogP contribution in [0.4, 0.5) is 0 Å². The fraction of sp³-hybridized carbons (Fsp3) is 0.800. The lowest BCUT2D eigenvalue weighted by Crippen LogP contribution is -2.23. The summed E-state index contributed by atoms with van der Waals surface area (Å²) in [5.74, 6) is 2.65. The summed E-state index contributed by atoms with van der Waals surface area (Å²) in [6.45, 7) is 4.17. The largest absolute Gasteiger partial charge is 0.493 e. The Bertz CT molecular complexity index is 455. The van der Waals surface area contributed by atoms with E-state index in [4.69, 9.17) is 4.74 Å². The molecule has 4 nitrogen and oxygen atoms in total. The van der Waals surface area contributed by atoms with Gasteiger partial charge >= 0.3 is 0 Å². The lowest BCUT2D eigenvalue weighted by atomic mass is 9.83. The highest BCUT2D eigenvalue weighted by Gasteiger charge is 2.44. The number of nitrogens with zero attached hydrogens (tertiary/aromatic N) is 2. The zero-order valence-electron chi connectivity index (χ0n) is 12.0. The van der Waals surface area contributed by atoms with Gasteiger partial charge in [-0.1, -0.05) is 6.42 Å². The molecule has 4 atom stereocenters. The molecule has 2 aliphatic carbocycles. The third kappa shape index (κ3) is 2.06. The Balaban J connectivity index is 1.90. The summed E-state index contributed by atoms with van der Waals surface area (Å²) in [6, 6.07) is 0.243. The van der Waals surface area contributed by atoms with Crippen LogP contribution >= 0.6 is 0 Å². The molecular formula is C15H24N2O2. The number of aliphatic hydroxyl groups is 1.